The fourth-order valence-electron chi connectivity index (χ4n) is 3.71. The SMILES string of the molecule is CCOC(=O)c1c(P(OCC)c2ccccc2)c2cc(Cl)ccc2n1S(=O)(=O)c1ccccc1. The largest absolute Gasteiger partial charge is 0.461 e. The van der Waals surface area contributed by atoms with Gasteiger partial charge in [-0.1, -0.05) is 60.1 Å². The standard InChI is InChI=1S/C25H23ClNO5PS/c1-3-31-25(28)23-24(33(32-4-2)19-11-7-5-8-12-19)21-17-18(26)15-16-22(21)27(23)34(29,30)20-13-9-6-10-14-20/h5-17H,3-4H2,1-2H3. The van der Waals surface area contributed by atoms with Gasteiger partial charge in [-0.05, 0) is 44.2 Å². The van der Waals surface area contributed by atoms with E-state index in [2.05, 4.69) is 0 Å². The number of ether oxygens (including phenoxy) is 1. The van der Waals surface area contributed by atoms with Crippen molar-refractivity contribution < 1.29 is 22.5 Å². The summed E-state index contributed by atoms with van der Waals surface area (Å²) in [5, 5.41) is 2.23. The van der Waals surface area contributed by atoms with Crippen LogP contribution in [0.2, 0.25) is 5.02 Å². The Hall–Kier alpha value is -2.70. The van der Waals surface area contributed by atoms with Gasteiger partial charge >= 0.3 is 5.97 Å². The molecular formula is C25H23ClNO5PS. The predicted octanol–water partition coefficient (Wildman–Crippen LogP) is 5.09. The summed E-state index contributed by atoms with van der Waals surface area (Å²) in [5.41, 5.74) is 0.251. The molecule has 0 N–H and O–H groups in total. The fraction of sp³-hybridized carbons (Fsp3) is 0.160. The van der Waals surface area contributed by atoms with Crippen LogP contribution in [0, 0.1) is 0 Å². The lowest BCUT2D eigenvalue weighted by Crippen LogP contribution is -2.26. The Kier molecular flexibility index (Phi) is 7.39. The van der Waals surface area contributed by atoms with E-state index in [1.807, 2.05) is 37.3 Å². The van der Waals surface area contributed by atoms with Crippen LogP contribution in [0.1, 0.15) is 24.3 Å². The molecule has 1 unspecified atom stereocenters. The number of halogens is 1. The number of hydrogen-bond donors (Lipinski definition) is 0. The Labute approximate surface area is 205 Å². The van der Waals surface area contributed by atoms with Crippen LogP contribution in [0.3, 0.4) is 0 Å². The molecule has 176 valence electrons. The number of rotatable bonds is 8. The molecule has 4 rings (SSSR count). The molecule has 0 fully saturated rings. The summed E-state index contributed by atoms with van der Waals surface area (Å²) in [5.74, 6) is -0.743. The van der Waals surface area contributed by atoms with Crippen LogP contribution in [0.4, 0.5) is 0 Å². The lowest BCUT2D eigenvalue weighted by atomic mass is 10.2. The van der Waals surface area contributed by atoms with Gasteiger partial charge in [0.05, 0.1) is 25.2 Å². The Balaban J connectivity index is 2.15. The average Bonchev–Trinajstić information content (AvgIpc) is 3.18. The van der Waals surface area contributed by atoms with Crippen molar-refractivity contribution in [1.82, 2.24) is 3.97 Å². The zero-order valence-corrected chi connectivity index (χ0v) is 21.1. The molecule has 1 heterocycles. The van der Waals surface area contributed by atoms with E-state index >= 15 is 0 Å². The van der Waals surface area contributed by atoms with Gasteiger partial charge in [-0.3, -0.25) is 0 Å². The highest BCUT2D eigenvalue weighted by Crippen LogP contribution is 2.42. The third-order valence-electron chi connectivity index (χ3n) is 5.06. The van der Waals surface area contributed by atoms with Crippen molar-refractivity contribution in [2.24, 2.45) is 0 Å². The Morgan fingerprint density at radius 3 is 2.21 bits per heavy atom. The van der Waals surface area contributed by atoms with Crippen molar-refractivity contribution in [3.05, 3.63) is 89.6 Å². The highest BCUT2D eigenvalue weighted by Gasteiger charge is 2.35. The van der Waals surface area contributed by atoms with E-state index in [1.54, 1.807) is 43.3 Å². The third kappa shape index (κ3) is 4.49. The summed E-state index contributed by atoms with van der Waals surface area (Å²) in [6, 6.07) is 22.3. The average molecular weight is 516 g/mol. The molecule has 0 aliphatic rings. The van der Waals surface area contributed by atoms with Gasteiger partial charge in [-0.25, -0.2) is 17.2 Å². The van der Waals surface area contributed by atoms with E-state index in [9.17, 15) is 13.2 Å². The maximum atomic E-state index is 13.9. The topological polar surface area (TPSA) is 74.6 Å². The quantitative estimate of drug-likeness (QED) is 0.241. The smallest absolute Gasteiger partial charge is 0.356 e. The number of aromatic nitrogens is 1. The van der Waals surface area contributed by atoms with Crippen LogP contribution in [0.5, 0.6) is 0 Å². The van der Waals surface area contributed by atoms with Crippen molar-refractivity contribution in [2.45, 2.75) is 18.7 Å². The first-order valence-corrected chi connectivity index (χ1v) is 13.8. The van der Waals surface area contributed by atoms with Crippen LogP contribution in [-0.2, 0) is 19.3 Å². The molecule has 1 atom stereocenters. The summed E-state index contributed by atoms with van der Waals surface area (Å²) < 4.78 is 40.4. The van der Waals surface area contributed by atoms with Gasteiger partial charge in [-0.2, -0.15) is 0 Å². The first kappa shape index (κ1) is 24.4. The number of hydrogen-bond acceptors (Lipinski definition) is 5. The van der Waals surface area contributed by atoms with Crippen LogP contribution >= 0.6 is 19.7 Å². The molecule has 0 spiro atoms. The number of fused-ring (bicyclic) bond motifs is 1. The molecule has 0 amide bonds. The van der Waals surface area contributed by atoms with E-state index < -0.39 is 24.1 Å². The zero-order chi connectivity index (χ0) is 24.3. The van der Waals surface area contributed by atoms with Crippen molar-refractivity contribution in [1.29, 1.82) is 0 Å². The minimum Gasteiger partial charge on any atom is -0.461 e. The molecule has 34 heavy (non-hydrogen) atoms. The van der Waals surface area contributed by atoms with Crippen molar-refractivity contribution in [3.63, 3.8) is 0 Å². The van der Waals surface area contributed by atoms with Gasteiger partial charge in [0.2, 0.25) is 0 Å². The van der Waals surface area contributed by atoms with E-state index in [1.165, 1.54) is 12.1 Å². The van der Waals surface area contributed by atoms with E-state index in [0.29, 0.717) is 27.8 Å². The lowest BCUT2D eigenvalue weighted by Gasteiger charge is -2.19. The summed E-state index contributed by atoms with van der Waals surface area (Å²) in [6.45, 7) is 3.98. The third-order valence-corrected chi connectivity index (χ3v) is 9.17. The van der Waals surface area contributed by atoms with Gasteiger partial charge in [0.1, 0.15) is 0 Å². The molecule has 0 aliphatic heterocycles. The van der Waals surface area contributed by atoms with E-state index in [-0.39, 0.29) is 17.2 Å². The first-order chi connectivity index (χ1) is 16.4. The van der Waals surface area contributed by atoms with Crippen LogP contribution in [0.15, 0.2) is 83.8 Å². The number of carbonyl (C=O) groups is 1. The minimum absolute atomic E-state index is 0.0550. The van der Waals surface area contributed by atoms with Crippen LogP contribution in [-0.4, -0.2) is 31.6 Å². The highest BCUT2D eigenvalue weighted by atomic mass is 35.5. The minimum atomic E-state index is -4.15. The predicted molar refractivity (Wildman–Crippen MR) is 136 cm³/mol. The van der Waals surface area contributed by atoms with Crippen molar-refractivity contribution in [3.8, 4) is 0 Å². The molecule has 0 bridgehead atoms. The zero-order valence-electron chi connectivity index (χ0n) is 18.6. The molecular weight excluding hydrogens is 493 g/mol. The summed E-state index contributed by atoms with van der Waals surface area (Å²) in [7, 11) is -5.72. The molecule has 0 saturated carbocycles. The van der Waals surface area contributed by atoms with Crippen LogP contribution < -0.4 is 10.6 Å². The van der Waals surface area contributed by atoms with Gasteiger partial charge < -0.3 is 9.26 Å². The van der Waals surface area contributed by atoms with Gasteiger partial charge in [0.15, 0.2) is 5.69 Å². The number of esters is 1. The molecule has 0 saturated heterocycles. The van der Waals surface area contributed by atoms with Gasteiger partial charge in [0, 0.05) is 27.6 Å². The maximum absolute atomic E-state index is 13.9. The van der Waals surface area contributed by atoms with Crippen molar-refractivity contribution >= 4 is 57.3 Å². The second kappa shape index (κ2) is 10.3. The molecule has 6 nitrogen and oxygen atoms in total. The van der Waals surface area contributed by atoms with E-state index in [4.69, 9.17) is 20.9 Å². The Morgan fingerprint density at radius 1 is 0.941 bits per heavy atom. The molecule has 9 heteroatoms. The number of benzene rings is 3. The van der Waals surface area contributed by atoms with Crippen molar-refractivity contribution in [2.75, 3.05) is 13.2 Å². The second-order valence-corrected chi connectivity index (χ2v) is 11.2. The second-order valence-electron chi connectivity index (χ2n) is 7.21. The lowest BCUT2D eigenvalue weighted by molar-refractivity contribution is 0.0520. The van der Waals surface area contributed by atoms with Crippen LogP contribution in [0.25, 0.3) is 10.9 Å². The van der Waals surface area contributed by atoms with E-state index in [0.717, 1.165) is 9.28 Å². The number of nitrogens with zero attached hydrogens (tertiary/aromatic N) is 1. The first-order valence-electron chi connectivity index (χ1n) is 10.7. The maximum Gasteiger partial charge on any atom is 0.356 e. The Bertz CT molecular complexity index is 1420. The summed E-state index contributed by atoms with van der Waals surface area (Å²) in [4.78, 5) is 13.4. The Morgan fingerprint density at radius 2 is 1.59 bits per heavy atom. The van der Waals surface area contributed by atoms with Gasteiger partial charge in [-0.15, -0.1) is 0 Å². The summed E-state index contributed by atoms with van der Waals surface area (Å²) >= 11 is 6.34. The van der Waals surface area contributed by atoms with Gasteiger partial charge in [0.25, 0.3) is 10.0 Å². The normalized spacial score (nSPS) is 12.6. The molecule has 4 aromatic rings. The highest BCUT2D eigenvalue weighted by molar-refractivity contribution is 7.90. The molecule has 3 aromatic carbocycles. The molecule has 1 aromatic heterocycles. The number of carbonyl (C=O) groups excluding carboxylic acids is 1. The molecule has 0 radical (unpaired) electrons. The fourth-order valence-corrected chi connectivity index (χ4v) is 7.51. The monoisotopic (exact) mass is 515 g/mol. The summed E-state index contributed by atoms with van der Waals surface area (Å²) in [6.07, 6.45) is 0. The molecule has 0 aliphatic carbocycles.